The van der Waals surface area contributed by atoms with Gasteiger partial charge in [0.05, 0.1) is 23.8 Å². The molecule has 1 N–H and O–H groups in total. The van der Waals surface area contributed by atoms with Gasteiger partial charge in [0.2, 0.25) is 5.91 Å². The number of nitrogens with zero attached hydrogens (tertiary/aromatic N) is 3. The molecule has 1 unspecified atom stereocenters. The molecule has 34 heavy (non-hydrogen) atoms. The minimum Gasteiger partial charge on any atom is -0.337 e. The van der Waals surface area contributed by atoms with E-state index in [0.717, 1.165) is 61.7 Å². The lowest BCUT2D eigenvalue weighted by Gasteiger charge is -2.32. The Bertz CT molecular complexity index is 1230. The van der Waals surface area contributed by atoms with Gasteiger partial charge in [-0.25, -0.2) is 0 Å². The second-order valence-electron chi connectivity index (χ2n) is 9.22. The lowest BCUT2D eigenvalue weighted by atomic mass is 9.97. The Morgan fingerprint density at radius 3 is 2.79 bits per heavy atom. The molecule has 5 nitrogen and oxygen atoms in total. The minimum atomic E-state index is -0.0138. The minimum absolute atomic E-state index is 0.0138. The molecule has 0 bridgehead atoms. The highest BCUT2D eigenvalue weighted by molar-refractivity contribution is 6.35. The summed E-state index contributed by atoms with van der Waals surface area (Å²) < 4.78 is 2.07. The van der Waals surface area contributed by atoms with Gasteiger partial charge in [0.25, 0.3) is 0 Å². The van der Waals surface area contributed by atoms with Crippen molar-refractivity contribution in [2.45, 2.75) is 51.1 Å². The maximum atomic E-state index is 12.9. The normalized spacial score (nSPS) is 19.8. The number of nitrogens with one attached hydrogen (secondary N) is 1. The van der Waals surface area contributed by atoms with E-state index < -0.39 is 0 Å². The van der Waals surface area contributed by atoms with Crippen LogP contribution in [0.15, 0.2) is 48.7 Å². The third-order valence-electron chi connectivity index (χ3n) is 7.10. The van der Waals surface area contributed by atoms with Crippen molar-refractivity contribution in [1.82, 2.24) is 20.0 Å². The van der Waals surface area contributed by atoms with Gasteiger partial charge >= 0.3 is 0 Å². The van der Waals surface area contributed by atoms with E-state index in [9.17, 15) is 4.79 Å². The molecule has 7 heteroatoms. The molecule has 2 aromatic carbocycles. The lowest BCUT2D eigenvalue weighted by Crippen LogP contribution is -2.49. The largest absolute Gasteiger partial charge is 0.337 e. The third-order valence-corrected chi connectivity index (χ3v) is 7.66. The smallest absolute Gasteiger partial charge is 0.239 e. The number of fused-ring (bicyclic) bond motifs is 1. The predicted molar refractivity (Wildman–Crippen MR) is 139 cm³/mol. The average Bonchev–Trinajstić information content (AvgIpc) is 3.29. The average molecular weight is 497 g/mol. The molecular formula is C27H30Cl2N4O. The second-order valence-corrected chi connectivity index (χ2v) is 10.1. The van der Waals surface area contributed by atoms with Crippen molar-refractivity contribution in [2.75, 3.05) is 19.6 Å². The van der Waals surface area contributed by atoms with Gasteiger partial charge in [-0.3, -0.25) is 9.48 Å². The number of hydrogen-bond acceptors (Lipinski definition) is 3. The van der Waals surface area contributed by atoms with Crippen LogP contribution in [-0.2, 0) is 4.79 Å². The SMILES string of the molecule is CCC(c1ccc(Cl)cc1Cl)n1ncc2ccc(C3=CCN(C(=O)[C@H]4CCCCN4)CC3)cc21. The monoisotopic (exact) mass is 496 g/mol. The van der Waals surface area contributed by atoms with Gasteiger partial charge < -0.3 is 10.2 Å². The van der Waals surface area contributed by atoms with Crippen molar-refractivity contribution in [1.29, 1.82) is 0 Å². The summed E-state index contributed by atoms with van der Waals surface area (Å²) in [5.41, 5.74) is 4.58. The highest BCUT2D eigenvalue weighted by Crippen LogP contribution is 2.34. The summed E-state index contributed by atoms with van der Waals surface area (Å²) >= 11 is 12.7. The summed E-state index contributed by atoms with van der Waals surface area (Å²) in [6, 6.07) is 12.2. The molecule has 1 aromatic heterocycles. The number of aromatic nitrogens is 2. The van der Waals surface area contributed by atoms with E-state index in [0.29, 0.717) is 16.6 Å². The predicted octanol–water partition coefficient (Wildman–Crippen LogP) is 6.10. The molecule has 2 aliphatic rings. The van der Waals surface area contributed by atoms with Crippen LogP contribution in [0.5, 0.6) is 0 Å². The fourth-order valence-electron chi connectivity index (χ4n) is 5.20. The van der Waals surface area contributed by atoms with Crippen LogP contribution in [0.2, 0.25) is 10.0 Å². The van der Waals surface area contributed by atoms with E-state index in [2.05, 4.69) is 41.2 Å². The van der Waals surface area contributed by atoms with Gasteiger partial charge in [0.15, 0.2) is 0 Å². The number of amides is 1. The van der Waals surface area contributed by atoms with E-state index in [1.807, 2.05) is 23.2 Å². The summed E-state index contributed by atoms with van der Waals surface area (Å²) in [4.78, 5) is 14.9. The van der Waals surface area contributed by atoms with E-state index in [1.165, 1.54) is 11.1 Å². The van der Waals surface area contributed by atoms with Gasteiger partial charge in [0.1, 0.15) is 0 Å². The Morgan fingerprint density at radius 2 is 2.09 bits per heavy atom. The van der Waals surface area contributed by atoms with Gasteiger partial charge in [-0.1, -0.05) is 60.8 Å². The Morgan fingerprint density at radius 1 is 1.21 bits per heavy atom. The van der Waals surface area contributed by atoms with Crippen molar-refractivity contribution in [3.05, 3.63) is 69.8 Å². The summed E-state index contributed by atoms with van der Waals surface area (Å²) in [5.74, 6) is 0.245. The molecule has 1 saturated heterocycles. The van der Waals surface area contributed by atoms with Gasteiger partial charge in [-0.05, 0) is 67.1 Å². The van der Waals surface area contributed by atoms with E-state index in [4.69, 9.17) is 28.3 Å². The van der Waals surface area contributed by atoms with Crippen LogP contribution in [-0.4, -0.2) is 46.3 Å². The number of carbonyl (C=O) groups excluding carboxylic acids is 1. The summed E-state index contributed by atoms with van der Waals surface area (Å²) in [6.07, 6.45) is 9.08. The fraction of sp³-hybridized carbons (Fsp3) is 0.407. The van der Waals surface area contributed by atoms with Crippen LogP contribution in [0, 0.1) is 0 Å². The molecule has 0 saturated carbocycles. The van der Waals surface area contributed by atoms with Crippen LogP contribution in [0.1, 0.15) is 56.2 Å². The van der Waals surface area contributed by atoms with Gasteiger partial charge in [-0.15, -0.1) is 0 Å². The number of rotatable bonds is 5. The number of halogens is 2. The van der Waals surface area contributed by atoms with E-state index in [-0.39, 0.29) is 18.0 Å². The molecule has 3 aromatic rings. The molecule has 178 valence electrons. The Labute approximate surface area is 210 Å². The van der Waals surface area contributed by atoms with Crippen molar-refractivity contribution < 1.29 is 4.79 Å². The van der Waals surface area contributed by atoms with Crippen LogP contribution in [0.3, 0.4) is 0 Å². The van der Waals surface area contributed by atoms with Crippen LogP contribution in [0.4, 0.5) is 0 Å². The molecule has 2 atom stereocenters. The molecule has 0 spiro atoms. The zero-order valence-electron chi connectivity index (χ0n) is 19.4. The van der Waals surface area contributed by atoms with Crippen LogP contribution < -0.4 is 5.32 Å². The van der Waals surface area contributed by atoms with E-state index >= 15 is 0 Å². The molecule has 3 heterocycles. The first-order valence-electron chi connectivity index (χ1n) is 12.2. The molecule has 1 fully saturated rings. The number of carbonyl (C=O) groups is 1. The maximum absolute atomic E-state index is 12.9. The molecule has 0 aliphatic carbocycles. The second kappa shape index (κ2) is 10.1. The molecule has 5 rings (SSSR count). The fourth-order valence-corrected chi connectivity index (χ4v) is 5.73. The lowest BCUT2D eigenvalue weighted by molar-refractivity contribution is -0.133. The Balaban J connectivity index is 1.40. The van der Waals surface area contributed by atoms with Gasteiger partial charge in [0, 0.05) is 28.5 Å². The Kier molecular flexibility index (Phi) is 6.96. The van der Waals surface area contributed by atoms with Crippen molar-refractivity contribution in [3.63, 3.8) is 0 Å². The first kappa shape index (κ1) is 23.4. The van der Waals surface area contributed by atoms with Crippen molar-refractivity contribution >= 4 is 45.6 Å². The molecule has 2 aliphatic heterocycles. The number of hydrogen-bond donors (Lipinski definition) is 1. The molecule has 1 amide bonds. The van der Waals surface area contributed by atoms with Crippen molar-refractivity contribution in [2.24, 2.45) is 0 Å². The summed E-state index contributed by atoms with van der Waals surface area (Å²) in [6.45, 7) is 4.52. The van der Waals surface area contributed by atoms with E-state index in [1.54, 1.807) is 6.07 Å². The quantitative estimate of drug-likeness (QED) is 0.464. The van der Waals surface area contributed by atoms with Crippen LogP contribution >= 0.6 is 23.2 Å². The molecular weight excluding hydrogens is 467 g/mol. The topological polar surface area (TPSA) is 50.2 Å². The third kappa shape index (κ3) is 4.61. The molecule has 0 radical (unpaired) electrons. The Hall–Kier alpha value is -2.34. The highest BCUT2D eigenvalue weighted by atomic mass is 35.5. The zero-order valence-corrected chi connectivity index (χ0v) is 20.9. The number of piperidine rings is 1. The maximum Gasteiger partial charge on any atom is 0.239 e. The van der Waals surface area contributed by atoms with Gasteiger partial charge in [-0.2, -0.15) is 5.10 Å². The van der Waals surface area contributed by atoms with Crippen molar-refractivity contribution in [3.8, 4) is 0 Å². The summed E-state index contributed by atoms with van der Waals surface area (Å²) in [7, 11) is 0. The number of benzene rings is 2. The highest BCUT2D eigenvalue weighted by Gasteiger charge is 2.27. The zero-order chi connectivity index (χ0) is 23.7. The standard InChI is InChI=1S/C27H30Cl2N4O/c1-2-25(22-9-8-21(28)16-23(22)29)33-26-15-19(6-7-20(26)17-31-33)18-10-13-32(14-11-18)27(34)24-5-3-4-12-30-24/h6-10,15-17,24-25,30H,2-5,11-14H2,1H3/t24-,25?/m1/s1. The van der Waals surface area contributed by atoms with Crippen LogP contribution in [0.25, 0.3) is 16.5 Å². The first-order chi connectivity index (χ1) is 16.5. The summed E-state index contributed by atoms with van der Waals surface area (Å²) in [5, 5.41) is 10.5. The first-order valence-corrected chi connectivity index (χ1v) is 12.9.